The van der Waals surface area contributed by atoms with E-state index in [1.54, 1.807) is 29.5 Å². The summed E-state index contributed by atoms with van der Waals surface area (Å²) in [5, 5.41) is 7.43. The van der Waals surface area contributed by atoms with Crippen LogP contribution in [0.4, 0.5) is 0 Å². The summed E-state index contributed by atoms with van der Waals surface area (Å²) in [5.74, 6) is 0. The first-order valence-electron chi connectivity index (χ1n) is 3.08. The Morgan fingerprint density at radius 3 is 2.64 bits per heavy atom. The van der Waals surface area contributed by atoms with Crippen LogP contribution in [0.1, 0.15) is 0 Å². The fourth-order valence-corrected chi connectivity index (χ4v) is 0.755. The Morgan fingerprint density at radius 2 is 2.00 bits per heavy atom. The number of nitrogens with zero attached hydrogens (tertiary/aromatic N) is 5. The van der Waals surface area contributed by atoms with E-state index in [4.69, 9.17) is 0 Å². The second-order valence-corrected chi connectivity index (χ2v) is 1.94. The predicted octanol–water partition coefficient (Wildman–Crippen LogP) is 0.0573. The maximum atomic E-state index is 3.84. The zero-order valence-corrected chi connectivity index (χ0v) is 5.62. The smallest absolute Gasteiger partial charge is 0.115 e. The predicted molar refractivity (Wildman–Crippen MR) is 36.9 cm³/mol. The highest BCUT2D eigenvalue weighted by atomic mass is 15.4. The van der Waals surface area contributed by atoms with E-state index < -0.39 is 0 Å². The van der Waals surface area contributed by atoms with Crippen molar-refractivity contribution >= 4 is 0 Å². The largest absolute Gasteiger partial charge is 0.243 e. The number of rotatable bonds is 1. The Hall–Kier alpha value is -1.78. The van der Waals surface area contributed by atoms with Gasteiger partial charge in [-0.15, -0.1) is 5.10 Å². The first-order valence-corrected chi connectivity index (χ1v) is 3.08. The molecule has 11 heavy (non-hydrogen) atoms. The van der Waals surface area contributed by atoms with E-state index in [2.05, 4.69) is 20.3 Å². The normalized spacial score (nSPS) is 9.82. The molecule has 0 aliphatic heterocycles. The van der Waals surface area contributed by atoms with Gasteiger partial charge in [-0.25, -0.2) is 14.6 Å². The van der Waals surface area contributed by atoms with Crippen LogP contribution in [0.3, 0.4) is 0 Å². The highest BCUT2D eigenvalue weighted by Gasteiger charge is 1.93. The van der Waals surface area contributed by atoms with E-state index in [9.17, 15) is 0 Å². The van der Waals surface area contributed by atoms with Gasteiger partial charge in [0, 0.05) is 0 Å². The van der Waals surface area contributed by atoms with Gasteiger partial charge in [-0.3, -0.25) is 0 Å². The van der Waals surface area contributed by atoms with Gasteiger partial charge >= 0.3 is 0 Å². The van der Waals surface area contributed by atoms with Crippen molar-refractivity contribution in [2.75, 3.05) is 0 Å². The molecule has 0 N–H and O–H groups in total. The van der Waals surface area contributed by atoms with Crippen molar-refractivity contribution in [3.63, 3.8) is 0 Å². The standard InChI is InChI=1S/C6H5N5/c1-2-11(10-9-1)6-3-7-5-8-4-6/h1-5H. The van der Waals surface area contributed by atoms with Crippen molar-refractivity contribution in [3.8, 4) is 5.69 Å². The quantitative estimate of drug-likeness (QED) is 0.572. The van der Waals surface area contributed by atoms with Crippen LogP contribution in [0, 0.1) is 0 Å². The molecule has 5 nitrogen and oxygen atoms in total. The second-order valence-electron chi connectivity index (χ2n) is 1.94. The molecule has 2 aromatic heterocycles. The average Bonchev–Trinajstić information content (AvgIpc) is 2.58. The molecule has 0 spiro atoms. The molecule has 0 aliphatic rings. The molecule has 2 aromatic rings. The van der Waals surface area contributed by atoms with Crippen molar-refractivity contribution in [3.05, 3.63) is 31.1 Å². The fourth-order valence-electron chi connectivity index (χ4n) is 0.755. The molecule has 0 radical (unpaired) electrons. The lowest BCUT2D eigenvalue weighted by atomic mass is 10.5. The number of aromatic nitrogens is 5. The van der Waals surface area contributed by atoms with E-state index in [-0.39, 0.29) is 0 Å². The van der Waals surface area contributed by atoms with Crippen molar-refractivity contribution in [1.29, 1.82) is 0 Å². The van der Waals surface area contributed by atoms with Crippen LogP contribution in [0.25, 0.3) is 5.69 Å². The topological polar surface area (TPSA) is 56.5 Å². The van der Waals surface area contributed by atoms with Crippen molar-refractivity contribution in [1.82, 2.24) is 25.0 Å². The van der Waals surface area contributed by atoms with Crippen LogP contribution in [-0.2, 0) is 0 Å². The van der Waals surface area contributed by atoms with Gasteiger partial charge in [0.15, 0.2) is 0 Å². The lowest BCUT2D eigenvalue weighted by molar-refractivity contribution is 0.794. The molecule has 0 amide bonds. The van der Waals surface area contributed by atoms with Crippen LogP contribution in [0.15, 0.2) is 31.1 Å². The van der Waals surface area contributed by atoms with Crippen molar-refractivity contribution in [2.24, 2.45) is 0 Å². The summed E-state index contributed by atoms with van der Waals surface area (Å²) < 4.78 is 1.60. The van der Waals surface area contributed by atoms with Gasteiger partial charge in [0.2, 0.25) is 0 Å². The molecule has 2 rings (SSSR count). The van der Waals surface area contributed by atoms with Crippen LogP contribution in [-0.4, -0.2) is 25.0 Å². The molecule has 0 atom stereocenters. The molecule has 2 heterocycles. The maximum Gasteiger partial charge on any atom is 0.115 e. The third-order valence-electron chi connectivity index (χ3n) is 1.23. The van der Waals surface area contributed by atoms with Gasteiger partial charge in [-0.05, 0) is 0 Å². The fraction of sp³-hybridized carbons (Fsp3) is 0. The van der Waals surface area contributed by atoms with Gasteiger partial charge in [-0.1, -0.05) is 5.21 Å². The SMILES string of the molecule is c1ncc(-n2ccnn2)cn1. The van der Waals surface area contributed by atoms with Crippen molar-refractivity contribution < 1.29 is 0 Å². The second kappa shape index (κ2) is 2.45. The van der Waals surface area contributed by atoms with Gasteiger partial charge in [-0.2, -0.15) is 0 Å². The summed E-state index contributed by atoms with van der Waals surface area (Å²) >= 11 is 0. The summed E-state index contributed by atoms with van der Waals surface area (Å²) in [7, 11) is 0. The highest BCUT2D eigenvalue weighted by Crippen LogP contribution is 1.97. The molecule has 5 heteroatoms. The Labute approximate surface area is 62.7 Å². The van der Waals surface area contributed by atoms with Gasteiger partial charge < -0.3 is 0 Å². The third-order valence-corrected chi connectivity index (χ3v) is 1.23. The van der Waals surface area contributed by atoms with E-state index in [0.29, 0.717) is 0 Å². The minimum absolute atomic E-state index is 0.810. The summed E-state index contributed by atoms with van der Waals surface area (Å²) in [5.41, 5.74) is 0.810. The minimum Gasteiger partial charge on any atom is -0.243 e. The Bertz CT molecular complexity index is 314. The van der Waals surface area contributed by atoms with Crippen LogP contribution < -0.4 is 0 Å². The zero-order chi connectivity index (χ0) is 7.52. The summed E-state index contributed by atoms with van der Waals surface area (Å²) in [6, 6.07) is 0. The highest BCUT2D eigenvalue weighted by molar-refractivity contribution is 5.21. The van der Waals surface area contributed by atoms with Crippen LogP contribution in [0.5, 0.6) is 0 Å². The summed E-state index contributed by atoms with van der Waals surface area (Å²) in [6.07, 6.45) is 8.15. The summed E-state index contributed by atoms with van der Waals surface area (Å²) in [4.78, 5) is 7.68. The number of hydrogen-bond acceptors (Lipinski definition) is 4. The van der Waals surface area contributed by atoms with E-state index >= 15 is 0 Å². The molecule has 0 aromatic carbocycles. The van der Waals surface area contributed by atoms with E-state index in [1.807, 2.05) is 0 Å². The molecule has 0 bridgehead atoms. The van der Waals surface area contributed by atoms with E-state index in [0.717, 1.165) is 5.69 Å². The lowest BCUT2D eigenvalue weighted by Crippen LogP contribution is -1.95. The Morgan fingerprint density at radius 1 is 1.18 bits per heavy atom. The molecule has 0 fully saturated rings. The number of hydrogen-bond donors (Lipinski definition) is 0. The maximum absolute atomic E-state index is 3.84. The first-order chi connectivity index (χ1) is 5.47. The lowest BCUT2D eigenvalue weighted by Gasteiger charge is -1.94. The Kier molecular flexibility index (Phi) is 1.33. The van der Waals surface area contributed by atoms with E-state index in [1.165, 1.54) is 6.33 Å². The Balaban J connectivity index is 2.46. The first kappa shape index (κ1) is 5.96. The minimum atomic E-state index is 0.810. The molecule has 0 unspecified atom stereocenters. The van der Waals surface area contributed by atoms with Crippen LogP contribution in [0.2, 0.25) is 0 Å². The van der Waals surface area contributed by atoms with Crippen molar-refractivity contribution in [2.45, 2.75) is 0 Å². The average molecular weight is 147 g/mol. The van der Waals surface area contributed by atoms with Gasteiger partial charge in [0.05, 0.1) is 24.8 Å². The molecular weight excluding hydrogens is 142 g/mol. The summed E-state index contributed by atoms with van der Waals surface area (Å²) in [6.45, 7) is 0. The third kappa shape index (κ3) is 1.07. The molecule has 54 valence electrons. The molecule has 0 saturated carbocycles. The monoisotopic (exact) mass is 147 g/mol. The zero-order valence-electron chi connectivity index (χ0n) is 5.62. The van der Waals surface area contributed by atoms with Crippen LogP contribution >= 0.6 is 0 Å². The van der Waals surface area contributed by atoms with Gasteiger partial charge in [0.1, 0.15) is 12.0 Å². The van der Waals surface area contributed by atoms with Gasteiger partial charge in [0.25, 0.3) is 0 Å². The molecular formula is C6H5N5. The molecule has 0 aliphatic carbocycles. The molecule has 0 saturated heterocycles.